The Morgan fingerprint density at radius 3 is 2.45 bits per heavy atom. The molecule has 20 heavy (non-hydrogen) atoms. The van der Waals surface area contributed by atoms with Gasteiger partial charge in [-0.1, -0.05) is 17.7 Å². The molecule has 2 aromatic rings. The van der Waals surface area contributed by atoms with Crippen LogP contribution in [0.2, 0.25) is 5.02 Å². The lowest BCUT2D eigenvalue weighted by Gasteiger charge is -2.05. The predicted molar refractivity (Wildman–Crippen MR) is 73.0 cm³/mol. The molecule has 1 nitrogen and oxygen atoms in total. The quantitative estimate of drug-likeness (QED) is 0.755. The molecule has 0 saturated heterocycles. The molecule has 0 amide bonds. The van der Waals surface area contributed by atoms with E-state index in [9.17, 15) is 13.6 Å². The summed E-state index contributed by atoms with van der Waals surface area (Å²) < 4.78 is 26.6. The topological polar surface area (TPSA) is 17.1 Å². The van der Waals surface area contributed by atoms with Crippen molar-refractivity contribution in [3.05, 3.63) is 70.2 Å². The molecular weight excluding hydrogens is 282 g/mol. The van der Waals surface area contributed by atoms with E-state index in [0.717, 1.165) is 0 Å². The molecule has 2 aromatic carbocycles. The summed E-state index contributed by atoms with van der Waals surface area (Å²) in [7, 11) is 0. The third-order valence-electron chi connectivity index (χ3n) is 3.63. The van der Waals surface area contributed by atoms with Crippen LogP contribution >= 0.6 is 11.6 Å². The second kappa shape index (κ2) is 4.98. The lowest BCUT2D eigenvalue weighted by Crippen LogP contribution is -2.04. The summed E-state index contributed by atoms with van der Waals surface area (Å²) in [6.07, 6.45) is 0.580. The number of rotatable bonds is 3. The molecule has 0 heterocycles. The zero-order valence-corrected chi connectivity index (χ0v) is 11.2. The van der Waals surface area contributed by atoms with Crippen LogP contribution in [0.25, 0.3) is 0 Å². The first kappa shape index (κ1) is 13.3. The zero-order valence-electron chi connectivity index (χ0n) is 10.4. The summed E-state index contributed by atoms with van der Waals surface area (Å²) in [6.45, 7) is 0. The van der Waals surface area contributed by atoms with Gasteiger partial charge in [-0.05, 0) is 48.7 Å². The molecule has 0 radical (unpaired) electrons. The van der Waals surface area contributed by atoms with Crippen LogP contribution in [0.3, 0.4) is 0 Å². The molecule has 0 N–H and O–H groups in total. The fraction of sp³-hybridized carbons (Fsp3) is 0.188. The second-order valence-electron chi connectivity index (χ2n) is 4.96. The summed E-state index contributed by atoms with van der Waals surface area (Å²) in [4.78, 5) is 12.2. The number of ketones is 1. The number of carbonyl (C=O) groups excluding carboxylic acids is 1. The molecule has 2 atom stereocenters. The maximum atomic E-state index is 13.8. The Bertz CT molecular complexity index is 646. The summed E-state index contributed by atoms with van der Waals surface area (Å²) in [5.74, 6) is -1.30. The normalized spacial score (nSPS) is 20.8. The van der Waals surface area contributed by atoms with Crippen LogP contribution in [-0.4, -0.2) is 5.78 Å². The van der Waals surface area contributed by atoms with Gasteiger partial charge in [-0.25, -0.2) is 8.78 Å². The van der Waals surface area contributed by atoms with Crippen LogP contribution in [0.15, 0.2) is 42.5 Å². The predicted octanol–water partition coefficient (Wildman–Crippen LogP) is 4.60. The van der Waals surface area contributed by atoms with Crippen molar-refractivity contribution >= 4 is 17.4 Å². The summed E-state index contributed by atoms with van der Waals surface area (Å²) in [5, 5.41) is 0.351. The van der Waals surface area contributed by atoms with Crippen molar-refractivity contribution < 1.29 is 13.6 Å². The van der Waals surface area contributed by atoms with Crippen molar-refractivity contribution in [2.45, 2.75) is 12.3 Å². The number of benzene rings is 2. The third-order valence-corrected chi connectivity index (χ3v) is 3.96. The van der Waals surface area contributed by atoms with Crippen molar-refractivity contribution in [3.8, 4) is 0 Å². The van der Waals surface area contributed by atoms with Gasteiger partial charge in [0.1, 0.15) is 11.6 Å². The molecule has 1 saturated carbocycles. The SMILES string of the molecule is O=C(c1ccc(F)cc1)C1CC1c1c(F)cccc1Cl. The highest BCUT2D eigenvalue weighted by molar-refractivity contribution is 6.31. The maximum Gasteiger partial charge on any atom is 0.166 e. The minimum absolute atomic E-state index is 0.0886. The largest absolute Gasteiger partial charge is 0.294 e. The summed E-state index contributed by atoms with van der Waals surface area (Å²) in [6, 6.07) is 9.92. The Morgan fingerprint density at radius 2 is 1.80 bits per heavy atom. The summed E-state index contributed by atoms with van der Waals surface area (Å²) in [5.41, 5.74) is 0.862. The van der Waals surface area contributed by atoms with Gasteiger partial charge >= 0.3 is 0 Å². The average Bonchev–Trinajstić information content (AvgIpc) is 3.19. The van der Waals surface area contributed by atoms with E-state index in [0.29, 0.717) is 22.6 Å². The smallest absolute Gasteiger partial charge is 0.166 e. The number of carbonyl (C=O) groups is 1. The van der Waals surface area contributed by atoms with Crippen molar-refractivity contribution in [1.82, 2.24) is 0 Å². The van der Waals surface area contributed by atoms with Gasteiger partial charge in [-0.15, -0.1) is 0 Å². The van der Waals surface area contributed by atoms with Crippen LogP contribution in [0.5, 0.6) is 0 Å². The zero-order chi connectivity index (χ0) is 14.3. The molecule has 102 valence electrons. The highest BCUT2D eigenvalue weighted by Crippen LogP contribution is 2.51. The molecule has 1 aliphatic carbocycles. The van der Waals surface area contributed by atoms with Crippen LogP contribution in [0.1, 0.15) is 28.3 Å². The lowest BCUT2D eigenvalue weighted by atomic mass is 10.0. The van der Waals surface area contributed by atoms with E-state index in [1.807, 2.05) is 0 Å². The highest BCUT2D eigenvalue weighted by atomic mass is 35.5. The molecule has 2 unspecified atom stereocenters. The lowest BCUT2D eigenvalue weighted by molar-refractivity contribution is 0.0965. The average molecular weight is 293 g/mol. The van der Waals surface area contributed by atoms with E-state index in [-0.39, 0.29) is 29.3 Å². The second-order valence-corrected chi connectivity index (χ2v) is 5.36. The van der Waals surface area contributed by atoms with E-state index in [1.165, 1.54) is 30.3 Å². The standard InChI is InChI=1S/C16H11ClF2O/c17-13-2-1-3-14(19)15(13)11-8-12(11)16(20)9-4-6-10(18)7-5-9/h1-7,11-12H,8H2. The molecule has 0 aliphatic heterocycles. The van der Waals surface area contributed by atoms with Crippen LogP contribution in [0.4, 0.5) is 8.78 Å². The number of Topliss-reactive ketones (excluding diaryl/α,β-unsaturated/α-hetero) is 1. The number of hydrogen-bond acceptors (Lipinski definition) is 1. The van der Waals surface area contributed by atoms with Crippen LogP contribution in [-0.2, 0) is 0 Å². The molecule has 3 rings (SSSR count). The van der Waals surface area contributed by atoms with Gasteiger partial charge in [0.25, 0.3) is 0 Å². The fourth-order valence-corrected chi connectivity index (χ4v) is 2.80. The van der Waals surface area contributed by atoms with Crippen LogP contribution < -0.4 is 0 Å². The fourth-order valence-electron chi connectivity index (χ4n) is 2.50. The maximum absolute atomic E-state index is 13.8. The first-order chi connectivity index (χ1) is 9.58. The molecule has 0 spiro atoms. The van der Waals surface area contributed by atoms with Crippen molar-refractivity contribution in [2.75, 3.05) is 0 Å². The minimum Gasteiger partial charge on any atom is -0.294 e. The van der Waals surface area contributed by atoms with E-state index >= 15 is 0 Å². The molecular formula is C16H11ClF2O. The molecule has 4 heteroatoms. The Hall–Kier alpha value is -1.74. The van der Waals surface area contributed by atoms with Gasteiger partial charge in [-0.3, -0.25) is 4.79 Å². The van der Waals surface area contributed by atoms with E-state index < -0.39 is 0 Å². The van der Waals surface area contributed by atoms with Crippen molar-refractivity contribution in [1.29, 1.82) is 0 Å². The van der Waals surface area contributed by atoms with Crippen LogP contribution in [0, 0.1) is 17.6 Å². The number of halogens is 3. The van der Waals surface area contributed by atoms with Gasteiger partial charge in [0.15, 0.2) is 5.78 Å². The molecule has 0 aromatic heterocycles. The Labute approximate surface area is 120 Å². The highest BCUT2D eigenvalue weighted by Gasteiger charge is 2.46. The molecule has 1 fully saturated rings. The molecule has 0 bridgehead atoms. The van der Waals surface area contributed by atoms with E-state index in [2.05, 4.69) is 0 Å². The van der Waals surface area contributed by atoms with E-state index in [1.54, 1.807) is 12.1 Å². The van der Waals surface area contributed by atoms with Gasteiger partial charge in [0.2, 0.25) is 0 Å². The minimum atomic E-state index is -0.383. The first-order valence-electron chi connectivity index (χ1n) is 6.31. The van der Waals surface area contributed by atoms with Gasteiger partial charge in [0, 0.05) is 22.1 Å². The third kappa shape index (κ3) is 2.34. The van der Waals surface area contributed by atoms with Gasteiger partial charge in [-0.2, -0.15) is 0 Å². The van der Waals surface area contributed by atoms with Crippen molar-refractivity contribution in [2.24, 2.45) is 5.92 Å². The Kier molecular flexibility index (Phi) is 3.30. The van der Waals surface area contributed by atoms with Gasteiger partial charge < -0.3 is 0 Å². The van der Waals surface area contributed by atoms with E-state index in [4.69, 9.17) is 11.6 Å². The monoisotopic (exact) mass is 292 g/mol. The first-order valence-corrected chi connectivity index (χ1v) is 6.69. The Morgan fingerprint density at radius 1 is 1.10 bits per heavy atom. The number of hydrogen-bond donors (Lipinski definition) is 0. The van der Waals surface area contributed by atoms with Crippen molar-refractivity contribution in [3.63, 3.8) is 0 Å². The molecule has 1 aliphatic rings. The van der Waals surface area contributed by atoms with Gasteiger partial charge in [0.05, 0.1) is 0 Å². The summed E-state index contributed by atoms with van der Waals surface area (Å²) >= 11 is 6.00. The Balaban J connectivity index is 1.82.